The minimum atomic E-state index is -0.159. The van der Waals surface area contributed by atoms with Gasteiger partial charge in [-0.2, -0.15) is 0 Å². The second-order valence-electron chi connectivity index (χ2n) is 4.82. The van der Waals surface area contributed by atoms with Crippen LogP contribution < -0.4 is 10.6 Å². The number of hydrogen-bond acceptors (Lipinski definition) is 4. The summed E-state index contributed by atoms with van der Waals surface area (Å²) in [5.74, 6) is -0.159. The Hall–Kier alpha value is -0.610. The van der Waals surface area contributed by atoms with Crippen LogP contribution in [0.25, 0.3) is 0 Å². The van der Waals surface area contributed by atoms with Crippen molar-refractivity contribution in [2.75, 3.05) is 19.7 Å². The summed E-state index contributed by atoms with van der Waals surface area (Å²) in [5, 5.41) is 6.79. The normalized spacial score (nSPS) is 22.8. The molecule has 1 heterocycles. The zero-order valence-electron chi connectivity index (χ0n) is 11.1. The molecule has 1 fully saturated rings. The zero-order chi connectivity index (χ0) is 12.5. The highest BCUT2D eigenvalue weighted by Gasteiger charge is 2.15. The van der Waals surface area contributed by atoms with Crippen LogP contribution in [0.4, 0.5) is 0 Å². The Balaban J connectivity index is 2.14. The molecule has 4 heteroatoms. The molecule has 0 radical (unpaired) electrons. The number of carbonyl (C=O) groups is 1. The Morgan fingerprint density at radius 1 is 1.47 bits per heavy atom. The van der Waals surface area contributed by atoms with Gasteiger partial charge in [0.25, 0.3) is 0 Å². The van der Waals surface area contributed by atoms with E-state index < -0.39 is 0 Å². The van der Waals surface area contributed by atoms with Crippen molar-refractivity contribution in [3.05, 3.63) is 0 Å². The average Bonchev–Trinajstić information content (AvgIpc) is 2.55. The predicted octanol–water partition coefficient (Wildman–Crippen LogP) is 1.45. The smallest absolute Gasteiger partial charge is 0.319 e. The lowest BCUT2D eigenvalue weighted by Crippen LogP contribution is -2.39. The third-order valence-corrected chi connectivity index (χ3v) is 3.20. The van der Waals surface area contributed by atoms with Crippen LogP contribution in [0, 0.1) is 0 Å². The van der Waals surface area contributed by atoms with E-state index in [4.69, 9.17) is 4.74 Å². The van der Waals surface area contributed by atoms with Crippen molar-refractivity contribution >= 4 is 5.97 Å². The zero-order valence-corrected chi connectivity index (χ0v) is 11.1. The topological polar surface area (TPSA) is 50.4 Å². The second kappa shape index (κ2) is 8.48. The summed E-state index contributed by atoms with van der Waals surface area (Å²) in [5.41, 5.74) is 0. The quantitative estimate of drug-likeness (QED) is 0.692. The lowest BCUT2D eigenvalue weighted by Gasteiger charge is -2.21. The molecular formula is C13H26N2O2. The van der Waals surface area contributed by atoms with Crippen LogP contribution in [-0.4, -0.2) is 37.7 Å². The molecule has 0 amide bonds. The van der Waals surface area contributed by atoms with Gasteiger partial charge in [-0.1, -0.05) is 12.8 Å². The van der Waals surface area contributed by atoms with Crippen LogP contribution in [0.15, 0.2) is 0 Å². The molecule has 4 nitrogen and oxygen atoms in total. The molecule has 0 aromatic rings. The molecule has 1 aliphatic heterocycles. The number of carbonyl (C=O) groups excluding carboxylic acids is 1. The molecule has 17 heavy (non-hydrogen) atoms. The van der Waals surface area contributed by atoms with Gasteiger partial charge < -0.3 is 15.4 Å². The lowest BCUT2D eigenvalue weighted by atomic mass is 10.0. The van der Waals surface area contributed by atoms with E-state index in [1.165, 1.54) is 25.7 Å². The molecule has 0 bridgehead atoms. The first-order valence-electron chi connectivity index (χ1n) is 6.84. The van der Waals surface area contributed by atoms with Crippen LogP contribution in [-0.2, 0) is 9.53 Å². The van der Waals surface area contributed by atoms with Gasteiger partial charge in [0, 0.05) is 12.1 Å². The van der Waals surface area contributed by atoms with Crippen LogP contribution in [0.1, 0.15) is 46.0 Å². The molecule has 100 valence electrons. The molecular weight excluding hydrogens is 216 g/mol. The molecule has 1 saturated heterocycles. The first kappa shape index (κ1) is 14.5. The van der Waals surface area contributed by atoms with Gasteiger partial charge in [0.1, 0.15) is 0 Å². The van der Waals surface area contributed by atoms with Crippen LogP contribution in [0.5, 0.6) is 0 Å². The largest absolute Gasteiger partial charge is 0.465 e. The highest BCUT2D eigenvalue weighted by Crippen LogP contribution is 2.12. The maximum atomic E-state index is 11.2. The SMILES string of the molecule is CCOC(=O)CNC(C)CC1CCCCCN1. The molecule has 0 saturated carbocycles. The van der Waals surface area contributed by atoms with Crippen molar-refractivity contribution in [3.8, 4) is 0 Å². The van der Waals surface area contributed by atoms with Crippen LogP contribution >= 0.6 is 0 Å². The summed E-state index contributed by atoms with van der Waals surface area (Å²) in [6.45, 7) is 5.87. The standard InChI is InChI=1S/C13H26N2O2/c1-3-17-13(16)10-15-11(2)9-12-7-5-4-6-8-14-12/h11-12,14-15H,3-10H2,1-2H3. The highest BCUT2D eigenvalue weighted by atomic mass is 16.5. The number of nitrogens with one attached hydrogen (secondary N) is 2. The monoisotopic (exact) mass is 242 g/mol. The van der Waals surface area contributed by atoms with Crippen molar-refractivity contribution < 1.29 is 9.53 Å². The number of hydrogen-bond donors (Lipinski definition) is 2. The van der Waals surface area contributed by atoms with E-state index in [9.17, 15) is 4.79 Å². The number of esters is 1. The predicted molar refractivity (Wildman–Crippen MR) is 69.0 cm³/mol. The van der Waals surface area contributed by atoms with E-state index >= 15 is 0 Å². The van der Waals surface area contributed by atoms with Crippen molar-refractivity contribution in [1.82, 2.24) is 10.6 Å². The van der Waals surface area contributed by atoms with Gasteiger partial charge in [0.2, 0.25) is 0 Å². The molecule has 2 atom stereocenters. The summed E-state index contributed by atoms with van der Waals surface area (Å²) >= 11 is 0. The van der Waals surface area contributed by atoms with Gasteiger partial charge in [0.05, 0.1) is 13.2 Å². The fraction of sp³-hybridized carbons (Fsp3) is 0.923. The molecule has 0 aliphatic carbocycles. The highest BCUT2D eigenvalue weighted by molar-refractivity contribution is 5.71. The molecule has 0 aromatic heterocycles. The van der Waals surface area contributed by atoms with Crippen LogP contribution in [0.2, 0.25) is 0 Å². The van der Waals surface area contributed by atoms with Crippen molar-refractivity contribution in [2.24, 2.45) is 0 Å². The Labute approximate surface area is 104 Å². The van der Waals surface area contributed by atoms with Gasteiger partial charge in [0.15, 0.2) is 0 Å². The summed E-state index contributed by atoms with van der Waals surface area (Å²) in [7, 11) is 0. The second-order valence-corrected chi connectivity index (χ2v) is 4.82. The van der Waals surface area contributed by atoms with E-state index in [-0.39, 0.29) is 5.97 Å². The Kier molecular flexibility index (Phi) is 7.21. The third-order valence-electron chi connectivity index (χ3n) is 3.20. The fourth-order valence-corrected chi connectivity index (χ4v) is 2.28. The summed E-state index contributed by atoms with van der Waals surface area (Å²) in [6, 6.07) is 0.956. The van der Waals surface area contributed by atoms with Crippen molar-refractivity contribution in [2.45, 2.75) is 58.0 Å². The van der Waals surface area contributed by atoms with Gasteiger partial charge >= 0.3 is 5.97 Å². The van der Waals surface area contributed by atoms with E-state index in [2.05, 4.69) is 17.6 Å². The first-order chi connectivity index (χ1) is 8.22. The molecule has 1 aliphatic rings. The third kappa shape index (κ3) is 6.64. The lowest BCUT2D eigenvalue weighted by molar-refractivity contribution is -0.142. The first-order valence-corrected chi connectivity index (χ1v) is 6.84. The van der Waals surface area contributed by atoms with E-state index in [0.29, 0.717) is 25.2 Å². The van der Waals surface area contributed by atoms with Gasteiger partial charge in [-0.15, -0.1) is 0 Å². The van der Waals surface area contributed by atoms with Crippen molar-refractivity contribution in [3.63, 3.8) is 0 Å². The van der Waals surface area contributed by atoms with Crippen molar-refractivity contribution in [1.29, 1.82) is 0 Å². The molecule has 0 aromatic carbocycles. The molecule has 0 spiro atoms. The minimum Gasteiger partial charge on any atom is -0.465 e. The fourth-order valence-electron chi connectivity index (χ4n) is 2.28. The molecule has 1 rings (SSSR count). The Morgan fingerprint density at radius 3 is 3.06 bits per heavy atom. The summed E-state index contributed by atoms with van der Waals surface area (Å²) in [4.78, 5) is 11.2. The number of rotatable bonds is 6. The maximum absolute atomic E-state index is 11.2. The Bertz CT molecular complexity index is 213. The van der Waals surface area contributed by atoms with Crippen LogP contribution in [0.3, 0.4) is 0 Å². The van der Waals surface area contributed by atoms with E-state index in [1.807, 2.05) is 6.92 Å². The van der Waals surface area contributed by atoms with Gasteiger partial charge in [-0.05, 0) is 39.7 Å². The molecule has 2 unspecified atom stereocenters. The van der Waals surface area contributed by atoms with Gasteiger partial charge in [-0.3, -0.25) is 4.79 Å². The molecule has 2 N–H and O–H groups in total. The average molecular weight is 242 g/mol. The Morgan fingerprint density at radius 2 is 2.29 bits per heavy atom. The van der Waals surface area contributed by atoms with E-state index in [0.717, 1.165) is 13.0 Å². The van der Waals surface area contributed by atoms with Gasteiger partial charge in [-0.25, -0.2) is 0 Å². The maximum Gasteiger partial charge on any atom is 0.319 e. The number of ether oxygens (including phenoxy) is 1. The summed E-state index contributed by atoms with van der Waals surface area (Å²) < 4.78 is 4.89. The van der Waals surface area contributed by atoms with E-state index in [1.54, 1.807) is 0 Å². The summed E-state index contributed by atoms with van der Waals surface area (Å²) in [6.07, 6.45) is 6.29. The minimum absolute atomic E-state index is 0.159.